The molecule has 0 atom stereocenters. The first kappa shape index (κ1) is 15.9. The van der Waals surface area contributed by atoms with Gasteiger partial charge in [0.25, 0.3) is 0 Å². The van der Waals surface area contributed by atoms with E-state index in [1.54, 1.807) is 12.1 Å². The highest BCUT2D eigenvalue weighted by Crippen LogP contribution is 2.37. The van der Waals surface area contributed by atoms with Crippen molar-refractivity contribution in [2.75, 3.05) is 0 Å². The molecule has 1 nitrogen and oxygen atoms in total. The Morgan fingerprint density at radius 2 is 1.70 bits per heavy atom. The molecule has 0 aliphatic heterocycles. The molecule has 0 aromatic heterocycles. The van der Waals surface area contributed by atoms with Crippen LogP contribution in [0.2, 0.25) is 10.0 Å². The molecule has 6 heteroatoms. The van der Waals surface area contributed by atoms with Crippen molar-refractivity contribution in [2.24, 2.45) is 5.92 Å². The van der Waals surface area contributed by atoms with Gasteiger partial charge < -0.3 is 5.32 Å². The molecule has 1 aromatic rings. The minimum absolute atomic E-state index is 0.142. The molecule has 1 fully saturated rings. The van der Waals surface area contributed by atoms with Crippen LogP contribution in [-0.2, 0) is 6.54 Å². The summed E-state index contributed by atoms with van der Waals surface area (Å²) in [6, 6.07) is 5.51. The molecule has 1 aliphatic carbocycles. The van der Waals surface area contributed by atoms with Crippen LogP contribution in [0.15, 0.2) is 18.2 Å². The highest BCUT2D eigenvalue weighted by molar-refractivity contribution is 6.42. The van der Waals surface area contributed by atoms with Crippen LogP contribution >= 0.6 is 23.2 Å². The predicted molar refractivity (Wildman–Crippen MR) is 75.1 cm³/mol. The first-order valence-corrected chi connectivity index (χ1v) is 7.36. The molecule has 20 heavy (non-hydrogen) atoms. The summed E-state index contributed by atoms with van der Waals surface area (Å²) in [5, 5.41) is 4.28. The van der Waals surface area contributed by atoms with E-state index in [9.17, 15) is 13.2 Å². The second-order valence-electron chi connectivity index (χ2n) is 5.22. The van der Waals surface area contributed by atoms with Crippen LogP contribution in [-0.4, -0.2) is 12.2 Å². The van der Waals surface area contributed by atoms with Crippen molar-refractivity contribution in [3.8, 4) is 0 Å². The maximum atomic E-state index is 12.6. The van der Waals surface area contributed by atoms with Gasteiger partial charge in [0.2, 0.25) is 0 Å². The highest BCUT2D eigenvalue weighted by Gasteiger charge is 2.41. The Kier molecular flexibility index (Phi) is 5.21. The third-order valence-corrected chi connectivity index (χ3v) is 4.51. The monoisotopic (exact) mass is 325 g/mol. The van der Waals surface area contributed by atoms with E-state index in [0.717, 1.165) is 5.56 Å². The first-order chi connectivity index (χ1) is 9.36. The predicted octanol–water partition coefficient (Wildman–Crippen LogP) is 5.20. The summed E-state index contributed by atoms with van der Waals surface area (Å²) < 4.78 is 37.7. The molecule has 1 aliphatic rings. The van der Waals surface area contributed by atoms with E-state index in [-0.39, 0.29) is 18.9 Å². The largest absolute Gasteiger partial charge is 0.391 e. The SMILES string of the molecule is FC(F)(F)C1CCC(NCc2ccc(Cl)c(Cl)c2)CC1. The average Bonchev–Trinajstić information content (AvgIpc) is 2.40. The van der Waals surface area contributed by atoms with Crippen molar-refractivity contribution in [3.63, 3.8) is 0 Å². The van der Waals surface area contributed by atoms with E-state index in [2.05, 4.69) is 5.32 Å². The minimum Gasteiger partial charge on any atom is -0.310 e. The molecular formula is C14H16Cl2F3N. The second-order valence-corrected chi connectivity index (χ2v) is 6.03. The average molecular weight is 326 g/mol. The van der Waals surface area contributed by atoms with Crippen molar-refractivity contribution in [1.82, 2.24) is 5.32 Å². The maximum Gasteiger partial charge on any atom is 0.391 e. The Hall–Kier alpha value is -0.450. The molecule has 0 saturated heterocycles. The van der Waals surface area contributed by atoms with Crippen LogP contribution in [0, 0.1) is 5.92 Å². The third-order valence-electron chi connectivity index (χ3n) is 3.77. The van der Waals surface area contributed by atoms with Gasteiger partial charge in [-0.25, -0.2) is 0 Å². The molecule has 0 heterocycles. The summed E-state index contributed by atoms with van der Waals surface area (Å²) in [4.78, 5) is 0. The van der Waals surface area contributed by atoms with Crippen LogP contribution in [0.4, 0.5) is 13.2 Å². The van der Waals surface area contributed by atoms with Gasteiger partial charge >= 0.3 is 6.18 Å². The van der Waals surface area contributed by atoms with Crippen LogP contribution in [0.5, 0.6) is 0 Å². The number of halogens is 5. The molecule has 0 radical (unpaired) electrons. The number of nitrogens with one attached hydrogen (secondary N) is 1. The van der Waals surface area contributed by atoms with E-state index < -0.39 is 12.1 Å². The Balaban J connectivity index is 1.80. The second kappa shape index (κ2) is 6.54. The van der Waals surface area contributed by atoms with Gasteiger partial charge in [-0.1, -0.05) is 29.3 Å². The molecule has 0 amide bonds. The number of hydrogen-bond acceptors (Lipinski definition) is 1. The molecular weight excluding hydrogens is 310 g/mol. The summed E-state index contributed by atoms with van der Waals surface area (Å²) in [7, 11) is 0. The van der Waals surface area contributed by atoms with Crippen molar-refractivity contribution in [2.45, 2.75) is 44.4 Å². The van der Waals surface area contributed by atoms with Gasteiger partial charge in [-0.05, 0) is 43.4 Å². The van der Waals surface area contributed by atoms with E-state index >= 15 is 0 Å². The van der Waals surface area contributed by atoms with Crippen LogP contribution < -0.4 is 5.32 Å². The lowest BCUT2D eigenvalue weighted by molar-refractivity contribution is -0.182. The molecule has 1 saturated carbocycles. The van der Waals surface area contributed by atoms with Crippen molar-refractivity contribution >= 4 is 23.2 Å². The molecule has 2 rings (SSSR count). The lowest BCUT2D eigenvalue weighted by Gasteiger charge is -2.30. The maximum absolute atomic E-state index is 12.6. The van der Waals surface area contributed by atoms with Crippen molar-refractivity contribution in [1.29, 1.82) is 0 Å². The van der Waals surface area contributed by atoms with E-state index in [1.165, 1.54) is 0 Å². The quantitative estimate of drug-likeness (QED) is 0.804. The van der Waals surface area contributed by atoms with E-state index in [4.69, 9.17) is 23.2 Å². The summed E-state index contributed by atoms with van der Waals surface area (Å²) in [5.41, 5.74) is 0.984. The molecule has 0 unspecified atom stereocenters. The van der Waals surface area contributed by atoms with Crippen molar-refractivity contribution < 1.29 is 13.2 Å². The molecule has 0 bridgehead atoms. The molecule has 0 spiro atoms. The van der Waals surface area contributed by atoms with Gasteiger partial charge in [0.15, 0.2) is 0 Å². The van der Waals surface area contributed by atoms with Gasteiger partial charge in [0.05, 0.1) is 16.0 Å². The first-order valence-electron chi connectivity index (χ1n) is 6.60. The number of alkyl halides is 3. The lowest BCUT2D eigenvalue weighted by atomic mass is 9.85. The topological polar surface area (TPSA) is 12.0 Å². The fourth-order valence-corrected chi connectivity index (χ4v) is 2.86. The lowest BCUT2D eigenvalue weighted by Crippen LogP contribution is -2.36. The number of rotatable bonds is 3. The summed E-state index contributed by atoms with van der Waals surface area (Å²) in [5.74, 6) is -1.13. The summed E-state index contributed by atoms with van der Waals surface area (Å²) in [6.45, 7) is 0.595. The number of hydrogen-bond donors (Lipinski definition) is 1. The Morgan fingerprint density at radius 3 is 2.25 bits per heavy atom. The van der Waals surface area contributed by atoms with E-state index in [0.29, 0.717) is 29.4 Å². The fraction of sp³-hybridized carbons (Fsp3) is 0.571. The van der Waals surface area contributed by atoms with Gasteiger partial charge in [-0.2, -0.15) is 13.2 Å². The zero-order chi connectivity index (χ0) is 14.8. The Morgan fingerprint density at radius 1 is 1.05 bits per heavy atom. The molecule has 112 valence electrons. The van der Waals surface area contributed by atoms with Gasteiger partial charge in [0.1, 0.15) is 0 Å². The molecule has 1 aromatic carbocycles. The Bertz CT molecular complexity index is 454. The fourth-order valence-electron chi connectivity index (χ4n) is 2.54. The van der Waals surface area contributed by atoms with Crippen LogP contribution in [0.1, 0.15) is 31.2 Å². The van der Waals surface area contributed by atoms with Crippen molar-refractivity contribution in [3.05, 3.63) is 33.8 Å². The van der Waals surface area contributed by atoms with E-state index in [1.807, 2.05) is 6.07 Å². The summed E-state index contributed by atoms with van der Waals surface area (Å²) >= 11 is 11.7. The smallest absolute Gasteiger partial charge is 0.310 e. The highest BCUT2D eigenvalue weighted by atomic mass is 35.5. The zero-order valence-electron chi connectivity index (χ0n) is 10.8. The van der Waals surface area contributed by atoms with Crippen LogP contribution in [0.3, 0.4) is 0 Å². The third kappa shape index (κ3) is 4.27. The van der Waals surface area contributed by atoms with Gasteiger partial charge in [0, 0.05) is 12.6 Å². The Labute approximate surface area is 126 Å². The number of benzene rings is 1. The van der Waals surface area contributed by atoms with Gasteiger partial charge in [-0.3, -0.25) is 0 Å². The minimum atomic E-state index is -4.05. The standard InChI is InChI=1S/C14H16Cl2F3N/c15-12-6-1-9(7-13(12)16)8-20-11-4-2-10(3-5-11)14(17,18)19/h1,6-7,10-11,20H,2-5,8H2. The van der Waals surface area contributed by atoms with Gasteiger partial charge in [-0.15, -0.1) is 0 Å². The normalized spacial score (nSPS) is 23.9. The van der Waals surface area contributed by atoms with Crippen LogP contribution in [0.25, 0.3) is 0 Å². The summed E-state index contributed by atoms with van der Waals surface area (Å²) in [6.07, 6.45) is -2.50. The molecule has 1 N–H and O–H groups in total. The zero-order valence-corrected chi connectivity index (χ0v) is 12.3.